The Hall–Kier alpha value is -7.70. The average Bonchev–Trinajstić information content (AvgIpc) is 3.72. The third kappa shape index (κ3) is 10.1. The predicted octanol–water partition coefficient (Wildman–Crippen LogP) is 8.79. The zero-order valence-corrected chi connectivity index (χ0v) is 32.4. The maximum absolute atomic E-state index is 12.7. The monoisotopic (exact) mass is 774 g/mol. The first-order valence-electron chi connectivity index (χ1n) is 18.4. The minimum atomic E-state index is -0.968. The minimum Gasteiger partial charge on any atom is -0.480 e. The number of carbonyl (C=O) groups is 4. The molecule has 4 N–H and O–H groups in total. The summed E-state index contributed by atoms with van der Waals surface area (Å²) in [6, 6.07) is 33.4. The first kappa shape index (κ1) is 41.5. The molecule has 0 spiro atoms. The SMILES string of the molecule is CC(C)c1ccc(NC(=O)/C(C#N)=C/c2cn(CC(=O)O)c3ccccc23)cc1.CC(C)c1ccccc1NC(=O)/C(C#N)=C/c1cn(CC(=O)O)c2ccccc12. The normalized spacial score (nSPS) is 11.4. The number of nitriles is 2. The Morgan fingerprint density at radius 3 is 1.52 bits per heavy atom. The Bertz CT molecular complexity index is 2650. The van der Waals surface area contributed by atoms with Gasteiger partial charge in [0.15, 0.2) is 0 Å². The van der Waals surface area contributed by atoms with E-state index < -0.39 is 23.8 Å². The number of carboxylic acid groups (broad SMARTS) is 2. The number of benzene rings is 4. The van der Waals surface area contributed by atoms with Crippen LogP contribution in [-0.2, 0) is 32.3 Å². The van der Waals surface area contributed by atoms with Crippen molar-refractivity contribution in [3.8, 4) is 12.1 Å². The van der Waals surface area contributed by atoms with Crippen LogP contribution in [-0.4, -0.2) is 43.1 Å². The number of fused-ring (bicyclic) bond motifs is 2. The van der Waals surface area contributed by atoms with Crippen LogP contribution >= 0.6 is 0 Å². The van der Waals surface area contributed by atoms with Crippen LogP contribution in [0.5, 0.6) is 0 Å². The molecule has 6 aromatic rings. The number of carboxylic acids is 2. The van der Waals surface area contributed by atoms with Gasteiger partial charge in [-0.15, -0.1) is 0 Å². The van der Waals surface area contributed by atoms with Crippen molar-refractivity contribution in [1.29, 1.82) is 10.5 Å². The number of hydrogen-bond acceptors (Lipinski definition) is 6. The molecule has 292 valence electrons. The van der Waals surface area contributed by atoms with Crippen molar-refractivity contribution in [2.75, 3.05) is 10.6 Å². The molecule has 4 aromatic carbocycles. The summed E-state index contributed by atoms with van der Waals surface area (Å²) < 4.78 is 3.17. The molecular weight excluding hydrogens is 733 g/mol. The zero-order chi connectivity index (χ0) is 41.9. The van der Waals surface area contributed by atoms with Crippen molar-refractivity contribution in [2.24, 2.45) is 0 Å². The largest absolute Gasteiger partial charge is 0.480 e. The van der Waals surface area contributed by atoms with E-state index in [9.17, 15) is 29.7 Å². The Kier molecular flexibility index (Phi) is 13.4. The van der Waals surface area contributed by atoms with Gasteiger partial charge in [0.25, 0.3) is 11.8 Å². The molecule has 0 fully saturated rings. The van der Waals surface area contributed by atoms with Crippen LogP contribution in [0, 0.1) is 22.7 Å². The van der Waals surface area contributed by atoms with Gasteiger partial charge in [-0.25, -0.2) is 0 Å². The number of para-hydroxylation sites is 3. The van der Waals surface area contributed by atoms with Crippen molar-refractivity contribution < 1.29 is 29.4 Å². The number of amides is 2. The fourth-order valence-electron chi connectivity index (χ4n) is 6.40. The van der Waals surface area contributed by atoms with E-state index in [1.54, 1.807) is 51.9 Å². The first-order valence-corrected chi connectivity index (χ1v) is 18.4. The number of aromatic nitrogens is 2. The van der Waals surface area contributed by atoms with Crippen molar-refractivity contribution >= 4 is 69.1 Å². The third-order valence-corrected chi connectivity index (χ3v) is 9.25. The molecule has 0 atom stereocenters. The fourth-order valence-corrected chi connectivity index (χ4v) is 6.40. The second-order valence-electron chi connectivity index (χ2n) is 14.0. The lowest BCUT2D eigenvalue weighted by Gasteiger charge is -2.13. The molecule has 58 heavy (non-hydrogen) atoms. The van der Waals surface area contributed by atoms with E-state index in [1.165, 1.54) is 12.2 Å². The highest BCUT2D eigenvalue weighted by molar-refractivity contribution is 6.12. The van der Waals surface area contributed by atoms with E-state index in [-0.39, 0.29) is 30.2 Å². The van der Waals surface area contributed by atoms with E-state index in [1.807, 2.05) is 92.7 Å². The van der Waals surface area contributed by atoms with Crippen molar-refractivity contribution in [2.45, 2.75) is 52.6 Å². The molecule has 2 amide bonds. The van der Waals surface area contributed by atoms with Gasteiger partial charge in [-0.05, 0) is 65.4 Å². The maximum Gasteiger partial charge on any atom is 0.323 e. The molecule has 0 saturated heterocycles. The van der Waals surface area contributed by atoms with Gasteiger partial charge in [0.1, 0.15) is 36.4 Å². The average molecular weight is 775 g/mol. The third-order valence-electron chi connectivity index (χ3n) is 9.25. The van der Waals surface area contributed by atoms with Gasteiger partial charge < -0.3 is 30.0 Å². The number of carbonyl (C=O) groups excluding carboxylic acids is 2. The highest BCUT2D eigenvalue weighted by atomic mass is 16.4. The molecule has 0 unspecified atom stereocenters. The molecule has 0 aliphatic carbocycles. The summed E-state index contributed by atoms with van der Waals surface area (Å²) in [5, 5.41) is 44.4. The van der Waals surface area contributed by atoms with Gasteiger partial charge in [0.2, 0.25) is 0 Å². The van der Waals surface area contributed by atoms with Crippen molar-refractivity contribution in [1.82, 2.24) is 9.13 Å². The Morgan fingerprint density at radius 1 is 0.621 bits per heavy atom. The second-order valence-corrected chi connectivity index (χ2v) is 14.0. The summed E-state index contributed by atoms with van der Waals surface area (Å²) in [4.78, 5) is 47.6. The molecule has 12 heteroatoms. The highest BCUT2D eigenvalue weighted by Crippen LogP contribution is 2.27. The molecular formula is C46H42N6O6. The van der Waals surface area contributed by atoms with E-state index >= 15 is 0 Å². The topological polar surface area (TPSA) is 190 Å². The highest BCUT2D eigenvalue weighted by Gasteiger charge is 2.17. The lowest BCUT2D eigenvalue weighted by Crippen LogP contribution is -2.15. The van der Waals surface area contributed by atoms with Gasteiger partial charge in [-0.3, -0.25) is 19.2 Å². The Labute approximate surface area is 335 Å². The Balaban J connectivity index is 0.000000221. The number of aliphatic carboxylic acids is 2. The van der Waals surface area contributed by atoms with Gasteiger partial charge in [0, 0.05) is 56.7 Å². The predicted molar refractivity (Wildman–Crippen MR) is 225 cm³/mol. The lowest BCUT2D eigenvalue weighted by molar-refractivity contribution is -0.138. The van der Waals surface area contributed by atoms with Crippen LogP contribution in [0.3, 0.4) is 0 Å². The summed E-state index contributed by atoms with van der Waals surface area (Å²) in [7, 11) is 0. The second kappa shape index (κ2) is 18.8. The lowest BCUT2D eigenvalue weighted by atomic mass is 10.0. The molecule has 0 aliphatic heterocycles. The fraction of sp³-hybridized carbons (Fsp3) is 0.174. The zero-order valence-electron chi connectivity index (χ0n) is 32.4. The van der Waals surface area contributed by atoms with E-state index in [0.29, 0.717) is 28.4 Å². The quantitative estimate of drug-likeness (QED) is 0.0701. The van der Waals surface area contributed by atoms with Crippen LogP contribution in [0.25, 0.3) is 34.0 Å². The summed E-state index contributed by atoms with van der Waals surface area (Å²) in [6.45, 7) is 7.83. The van der Waals surface area contributed by atoms with E-state index in [4.69, 9.17) is 10.2 Å². The summed E-state index contributed by atoms with van der Waals surface area (Å²) in [5.41, 5.74) is 5.98. The summed E-state index contributed by atoms with van der Waals surface area (Å²) >= 11 is 0. The smallest absolute Gasteiger partial charge is 0.323 e. The Morgan fingerprint density at radius 2 is 1.07 bits per heavy atom. The molecule has 0 saturated carbocycles. The van der Waals surface area contributed by atoms with Crippen LogP contribution in [0.2, 0.25) is 0 Å². The first-order chi connectivity index (χ1) is 27.8. The maximum atomic E-state index is 12.7. The number of rotatable bonds is 12. The molecule has 12 nitrogen and oxygen atoms in total. The molecule has 2 heterocycles. The van der Waals surface area contributed by atoms with E-state index in [2.05, 4.69) is 24.5 Å². The van der Waals surface area contributed by atoms with Crippen LogP contribution in [0.15, 0.2) is 121 Å². The molecule has 6 rings (SSSR count). The molecule has 0 aliphatic rings. The number of nitrogens with one attached hydrogen (secondary N) is 2. The molecule has 0 radical (unpaired) electrons. The minimum absolute atomic E-state index is 0.0539. The number of nitrogens with zero attached hydrogens (tertiary/aromatic N) is 4. The van der Waals surface area contributed by atoms with Gasteiger partial charge in [-0.2, -0.15) is 10.5 Å². The number of anilines is 2. The standard InChI is InChI=1S/2C23H21N3O3/c1-15(2)18-7-3-5-9-20(18)25-23(29)16(12-24)11-17-13-26(14-22(27)28)21-10-6-4-8-19(17)21;1-15(2)16-7-9-19(10-8-16)25-23(29)17(12-24)11-18-13-26(14-22(27)28)21-6-4-3-5-20(18)21/h2*3-11,13,15H,14H2,1-2H3,(H,25,29)(H,27,28)/b16-11+;17-11+. The van der Waals surface area contributed by atoms with Crippen molar-refractivity contribution in [3.63, 3.8) is 0 Å². The van der Waals surface area contributed by atoms with E-state index in [0.717, 1.165) is 32.9 Å². The summed E-state index contributed by atoms with van der Waals surface area (Å²) in [6.07, 6.45) is 6.26. The van der Waals surface area contributed by atoms with Crippen molar-refractivity contribution in [3.05, 3.63) is 143 Å². The van der Waals surface area contributed by atoms with Gasteiger partial charge in [0.05, 0.1) is 0 Å². The molecule has 2 aromatic heterocycles. The van der Waals surface area contributed by atoms with Crippen LogP contribution < -0.4 is 10.6 Å². The number of hydrogen-bond donors (Lipinski definition) is 4. The van der Waals surface area contributed by atoms with Gasteiger partial charge >= 0.3 is 11.9 Å². The van der Waals surface area contributed by atoms with Crippen LogP contribution in [0.1, 0.15) is 61.8 Å². The van der Waals surface area contributed by atoms with Crippen LogP contribution in [0.4, 0.5) is 11.4 Å². The summed E-state index contributed by atoms with van der Waals surface area (Å²) in [5.74, 6) is -2.35. The molecule has 0 bridgehead atoms. The van der Waals surface area contributed by atoms with Gasteiger partial charge in [-0.1, -0.05) is 94.4 Å².